The fraction of sp³-hybridized carbons (Fsp3) is 0.0769. The van der Waals surface area contributed by atoms with Crippen molar-refractivity contribution < 1.29 is 4.39 Å². The molecule has 1 aliphatic carbocycles. The summed E-state index contributed by atoms with van der Waals surface area (Å²) in [5.41, 5.74) is 4.68. The Morgan fingerprint density at radius 3 is 2.67 bits per heavy atom. The maximum absolute atomic E-state index is 13.4. The third-order valence-electron chi connectivity index (χ3n) is 2.83. The van der Waals surface area contributed by atoms with Gasteiger partial charge < -0.3 is 0 Å². The van der Waals surface area contributed by atoms with Gasteiger partial charge >= 0.3 is 0 Å². The number of fused-ring (bicyclic) bond motifs is 3. The van der Waals surface area contributed by atoms with Gasteiger partial charge in [-0.1, -0.05) is 24.3 Å². The Labute approximate surface area is 95.9 Å². The molecule has 3 rings (SSSR count). The first-order valence-corrected chi connectivity index (χ1v) is 5.61. The highest BCUT2D eigenvalue weighted by Crippen LogP contribution is 2.38. The van der Waals surface area contributed by atoms with Gasteiger partial charge in [-0.3, -0.25) is 0 Å². The van der Waals surface area contributed by atoms with E-state index in [2.05, 4.69) is 28.1 Å². The van der Waals surface area contributed by atoms with Crippen LogP contribution >= 0.6 is 15.9 Å². The number of benzene rings is 2. The lowest BCUT2D eigenvalue weighted by Gasteiger charge is -2.02. The van der Waals surface area contributed by atoms with Crippen LogP contribution in [0, 0.1) is 5.82 Å². The first kappa shape index (κ1) is 9.10. The zero-order chi connectivity index (χ0) is 10.4. The van der Waals surface area contributed by atoms with Crippen molar-refractivity contribution in [3.8, 4) is 11.1 Å². The molecule has 0 fully saturated rings. The van der Waals surface area contributed by atoms with E-state index >= 15 is 0 Å². The molecule has 0 nitrogen and oxygen atoms in total. The van der Waals surface area contributed by atoms with Crippen molar-refractivity contribution >= 4 is 15.9 Å². The van der Waals surface area contributed by atoms with E-state index in [9.17, 15) is 4.39 Å². The molecule has 15 heavy (non-hydrogen) atoms. The first-order valence-electron chi connectivity index (χ1n) is 4.82. The van der Waals surface area contributed by atoms with Crippen LogP contribution in [-0.2, 0) is 6.42 Å². The summed E-state index contributed by atoms with van der Waals surface area (Å²) in [6.45, 7) is 0. The van der Waals surface area contributed by atoms with E-state index in [0.717, 1.165) is 12.0 Å². The second-order valence-electron chi connectivity index (χ2n) is 3.76. The van der Waals surface area contributed by atoms with Crippen molar-refractivity contribution in [3.05, 3.63) is 57.8 Å². The van der Waals surface area contributed by atoms with E-state index in [4.69, 9.17) is 0 Å². The second kappa shape index (κ2) is 3.17. The normalized spacial score (nSPS) is 12.4. The highest BCUT2D eigenvalue weighted by atomic mass is 79.9. The molecule has 1 aliphatic rings. The van der Waals surface area contributed by atoms with Gasteiger partial charge in [-0.25, -0.2) is 4.39 Å². The summed E-state index contributed by atoms with van der Waals surface area (Å²) < 4.78 is 14.0. The topological polar surface area (TPSA) is 0 Å². The summed E-state index contributed by atoms with van der Waals surface area (Å²) in [6, 6.07) is 11.7. The predicted molar refractivity (Wildman–Crippen MR) is 62.3 cm³/mol. The molecule has 0 heterocycles. The molecule has 0 saturated carbocycles. The Bertz CT molecular complexity index is 546. The average Bonchev–Trinajstić information content (AvgIpc) is 2.57. The van der Waals surface area contributed by atoms with Gasteiger partial charge in [-0.15, -0.1) is 0 Å². The van der Waals surface area contributed by atoms with E-state index < -0.39 is 0 Å². The Hall–Kier alpha value is -1.15. The highest BCUT2D eigenvalue weighted by Gasteiger charge is 2.19. The van der Waals surface area contributed by atoms with E-state index in [-0.39, 0.29) is 5.82 Å². The fourth-order valence-electron chi connectivity index (χ4n) is 2.13. The molecule has 0 atom stereocenters. The van der Waals surface area contributed by atoms with Crippen LogP contribution in [0.3, 0.4) is 0 Å². The van der Waals surface area contributed by atoms with Crippen LogP contribution in [0.4, 0.5) is 4.39 Å². The zero-order valence-electron chi connectivity index (χ0n) is 7.93. The number of hydrogen-bond donors (Lipinski definition) is 0. The Morgan fingerprint density at radius 2 is 1.80 bits per heavy atom. The van der Waals surface area contributed by atoms with Crippen LogP contribution in [0.2, 0.25) is 0 Å². The standard InChI is InChI=1S/C13H8BrF/c14-12-6-9-5-8-3-1-2-4-10(8)11(9)7-13(12)15/h1-4,6-7H,5H2. The molecule has 0 amide bonds. The lowest BCUT2D eigenvalue weighted by Crippen LogP contribution is -1.84. The van der Waals surface area contributed by atoms with Crippen molar-refractivity contribution in [1.29, 1.82) is 0 Å². The number of halogens is 2. The van der Waals surface area contributed by atoms with Gasteiger partial charge in [0.15, 0.2) is 0 Å². The minimum absolute atomic E-state index is 0.189. The van der Waals surface area contributed by atoms with Gasteiger partial charge in [-0.2, -0.15) is 0 Å². The molecule has 0 spiro atoms. The van der Waals surface area contributed by atoms with Crippen LogP contribution in [0.25, 0.3) is 11.1 Å². The molecule has 0 N–H and O–H groups in total. The quantitative estimate of drug-likeness (QED) is 0.571. The Morgan fingerprint density at radius 1 is 1.00 bits per heavy atom. The van der Waals surface area contributed by atoms with Crippen LogP contribution in [-0.4, -0.2) is 0 Å². The molecule has 0 unspecified atom stereocenters. The molecular weight excluding hydrogens is 255 g/mol. The molecule has 0 aromatic heterocycles. The predicted octanol–water partition coefficient (Wildman–Crippen LogP) is 4.16. The maximum atomic E-state index is 13.4. The van der Waals surface area contributed by atoms with Crippen molar-refractivity contribution in [3.63, 3.8) is 0 Å². The molecule has 74 valence electrons. The van der Waals surface area contributed by atoms with Crippen molar-refractivity contribution in [2.45, 2.75) is 6.42 Å². The highest BCUT2D eigenvalue weighted by molar-refractivity contribution is 9.10. The largest absolute Gasteiger partial charge is 0.206 e. The van der Waals surface area contributed by atoms with Gasteiger partial charge in [0.25, 0.3) is 0 Å². The van der Waals surface area contributed by atoms with Gasteiger partial charge in [0.2, 0.25) is 0 Å². The van der Waals surface area contributed by atoms with Crippen molar-refractivity contribution in [2.75, 3.05) is 0 Å². The smallest absolute Gasteiger partial charge is 0.138 e. The van der Waals surface area contributed by atoms with E-state index in [1.807, 2.05) is 18.2 Å². The van der Waals surface area contributed by atoms with Crippen LogP contribution in [0.15, 0.2) is 40.9 Å². The molecule has 0 saturated heterocycles. The molecule has 0 bridgehead atoms. The Kier molecular flexibility index (Phi) is 1.93. The summed E-state index contributed by atoms with van der Waals surface area (Å²) in [6.07, 6.45) is 0.907. The van der Waals surface area contributed by atoms with Gasteiger partial charge in [-0.05, 0) is 56.7 Å². The summed E-state index contributed by atoms with van der Waals surface area (Å²) in [5.74, 6) is -0.189. The SMILES string of the molecule is Fc1cc2c(cc1Br)Cc1ccccc1-2. The van der Waals surface area contributed by atoms with E-state index in [1.54, 1.807) is 6.07 Å². The number of rotatable bonds is 0. The molecule has 2 aromatic carbocycles. The molecule has 0 radical (unpaired) electrons. The summed E-state index contributed by atoms with van der Waals surface area (Å²) in [7, 11) is 0. The third kappa shape index (κ3) is 1.32. The Balaban J connectivity index is 2.29. The number of hydrogen-bond acceptors (Lipinski definition) is 0. The third-order valence-corrected chi connectivity index (χ3v) is 3.44. The van der Waals surface area contributed by atoms with Crippen LogP contribution in [0.1, 0.15) is 11.1 Å². The van der Waals surface area contributed by atoms with Gasteiger partial charge in [0.05, 0.1) is 4.47 Å². The first-order chi connectivity index (χ1) is 7.25. The summed E-state index contributed by atoms with van der Waals surface area (Å²) in [4.78, 5) is 0. The summed E-state index contributed by atoms with van der Waals surface area (Å²) >= 11 is 3.22. The van der Waals surface area contributed by atoms with Crippen LogP contribution < -0.4 is 0 Å². The molecule has 2 aromatic rings. The lowest BCUT2D eigenvalue weighted by molar-refractivity contribution is 0.621. The van der Waals surface area contributed by atoms with Gasteiger partial charge in [0, 0.05) is 0 Å². The summed E-state index contributed by atoms with van der Waals surface area (Å²) in [5, 5.41) is 0. The minimum atomic E-state index is -0.189. The maximum Gasteiger partial charge on any atom is 0.138 e. The second-order valence-corrected chi connectivity index (χ2v) is 4.61. The monoisotopic (exact) mass is 262 g/mol. The zero-order valence-corrected chi connectivity index (χ0v) is 9.51. The molecule has 0 aliphatic heterocycles. The van der Waals surface area contributed by atoms with Gasteiger partial charge in [0.1, 0.15) is 5.82 Å². The molecule has 2 heteroatoms. The van der Waals surface area contributed by atoms with E-state index in [1.165, 1.54) is 16.7 Å². The average molecular weight is 263 g/mol. The fourth-order valence-corrected chi connectivity index (χ4v) is 2.52. The van der Waals surface area contributed by atoms with Crippen molar-refractivity contribution in [2.24, 2.45) is 0 Å². The van der Waals surface area contributed by atoms with Crippen molar-refractivity contribution in [1.82, 2.24) is 0 Å². The molecular formula is C13H8BrF. The minimum Gasteiger partial charge on any atom is -0.206 e. The van der Waals surface area contributed by atoms with E-state index in [0.29, 0.717) is 4.47 Å². The lowest BCUT2D eigenvalue weighted by atomic mass is 10.1. The van der Waals surface area contributed by atoms with Crippen LogP contribution in [0.5, 0.6) is 0 Å².